The highest BCUT2D eigenvalue weighted by Gasteiger charge is 2.35. The maximum absolute atomic E-state index is 12.9. The number of hydrogen-bond donors (Lipinski definition) is 0. The van der Waals surface area contributed by atoms with E-state index in [1.807, 2.05) is 6.07 Å². The average molecular weight is 324 g/mol. The summed E-state index contributed by atoms with van der Waals surface area (Å²) in [5.74, 6) is 0.558. The Labute approximate surface area is 145 Å². The molecule has 0 N–H and O–H groups in total. The van der Waals surface area contributed by atoms with Crippen LogP contribution < -0.4 is 0 Å². The Balaban J connectivity index is 1.78. The highest BCUT2D eigenvalue weighted by molar-refractivity contribution is 5.80. The van der Waals surface area contributed by atoms with E-state index in [2.05, 4.69) is 72.8 Å². The smallest absolute Gasteiger partial charge is 0.226 e. The van der Waals surface area contributed by atoms with Crippen molar-refractivity contribution in [3.8, 4) is 0 Å². The van der Waals surface area contributed by atoms with Gasteiger partial charge < -0.3 is 9.47 Å². The lowest BCUT2D eigenvalue weighted by Gasteiger charge is -2.40. The molecule has 2 aromatic rings. The molecule has 1 aromatic heterocycles. The average Bonchev–Trinajstić information content (AvgIpc) is 2.89. The number of nitrogens with zero attached hydrogens (tertiary/aromatic N) is 2. The Morgan fingerprint density at radius 1 is 1.12 bits per heavy atom. The molecule has 0 radical (unpaired) electrons. The molecule has 1 aliphatic rings. The molecule has 1 heterocycles. The zero-order valence-corrected chi connectivity index (χ0v) is 15.0. The van der Waals surface area contributed by atoms with Gasteiger partial charge in [0, 0.05) is 29.9 Å². The second kappa shape index (κ2) is 6.84. The molecular formula is C21H28N2O. The normalized spacial score (nSPS) is 15.1. The number of hydrogen-bond acceptors (Lipinski definition) is 1. The van der Waals surface area contributed by atoms with E-state index in [-0.39, 0.29) is 11.5 Å². The first-order valence-electron chi connectivity index (χ1n) is 8.94. The molecule has 1 aliphatic carbocycles. The van der Waals surface area contributed by atoms with Crippen molar-refractivity contribution in [1.82, 2.24) is 9.47 Å². The van der Waals surface area contributed by atoms with Gasteiger partial charge in [0.05, 0.1) is 6.54 Å². The minimum atomic E-state index is -0.158. The van der Waals surface area contributed by atoms with Gasteiger partial charge in [-0.15, -0.1) is 0 Å². The molecule has 0 saturated heterocycles. The van der Waals surface area contributed by atoms with Crippen molar-refractivity contribution in [2.75, 3.05) is 0 Å². The van der Waals surface area contributed by atoms with Gasteiger partial charge in [0.1, 0.15) is 0 Å². The van der Waals surface area contributed by atoms with Crippen molar-refractivity contribution in [2.24, 2.45) is 5.92 Å². The summed E-state index contributed by atoms with van der Waals surface area (Å²) in [5.41, 5.74) is 2.32. The zero-order valence-electron chi connectivity index (χ0n) is 15.0. The third-order valence-corrected chi connectivity index (χ3v) is 4.97. The van der Waals surface area contributed by atoms with Crippen LogP contribution in [0.3, 0.4) is 0 Å². The highest BCUT2D eigenvalue weighted by atomic mass is 16.2. The molecule has 0 atom stereocenters. The number of carbonyl (C=O) groups is 1. The first-order chi connectivity index (χ1) is 11.4. The number of amides is 1. The Hall–Kier alpha value is -2.03. The van der Waals surface area contributed by atoms with Gasteiger partial charge in [-0.3, -0.25) is 4.79 Å². The van der Waals surface area contributed by atoms with Crippen molar-refractivity contribution >= 4 is 5.91 Å². The molecule has 3 rings (SSSR count). The number of carbonyl (C=O) groups excluding carboxylic acids is 1. The van der Waals surface area contributed by atoms with E-state index in [4.69, 9.17) is 0 Å². The fourth-order valence-corrected chi connectivity index (χ4v) is 3.21. The Bertz CT molecular complexity index is 677. The second-order valence-electron chi connectivity index (χ2n) is 7.84. The fourth-order valence-electron chi connectivity index (χ4n) is 3.21. The molecule has 1 saturated carbocycles. The monoisotopic (exact) mass is 324 g/mol. The number of benzene rings is 1. The van der Waals surface area contributed by atoms with Gasteiger partial charge in [-0.05, 0) is 51.3 Å². The molecule has 1 fully saturated rings. The molecule has 24 heavy (non-hydrogen) atoms. The van der Waals surface area contributed by atoms with Crippen LogP contribution in [-0.4, -0.2) is 20.9 Å². The minimum Gasteiger partial charge on any atom is -0.345 e. The predicted molar refractivity (Wildman–Crippen MR) is 97.6 cm³/mol. The molecule has 0 spiro atoms. The summed E-state index contributed by atoms with van der Waals surface area (Å²) in [6.45, 7) is 7.92. The van der Waals surface area contributed by atoms with Gasteiger partial charge in [0.2, 0.25) is 5.91 Å². The minimum absolute atomic E-state index is 0.158. The standard InChI is InChI=1S/C21H28N2O/c1-21(2,3)23(20(24)18-11-7-12-18)16-19-13-8-14-22(19)15-17-9-5-4-6-10-17/h4-6,8-10,13-14,18H,7,11-12,15-16H2,1-3H3. The summed E-state index contributed by atoms with van der Waals surface area (Å²) in [6.07, 6.45) is 5.41. The lowest BCUT2D eigenvalue weighted by molar-refractivity contribution is -0.144. The van der Waals surface area contributed by atoms with Crippen molar-refractivity contribution < 1.29 is 4.79 Å². The summed E-state index contributed by atoms with van der Waals surface area (Å²) < 4.78 is 2.25. The molecule has 0 unspecified atom stereocenters. The lowest BCUT2D eigenvalue weighted by Crippen LogP contribution is -2.49. The maximum atomic E-state index is 12.9. The van der Waals surface area contributed by atoms with Crippen molar-refractivity contribution in [1.29, 1.82) is 0 Å². The summed E-state index contributed by atoms with van der Waals surface area (Å²) in [7, 11) is 0. The van der Waals surface area contributed by atoms with Crippen molar-refractivity contribution in [3.63, 3.8) is 0 Å². The fraction of sp³-hybridized carbons (Fsp3) is 0.476. The summed E-state index contributed by atoms with van der Waals surface area (Å²) in [4.78, 5) is 14.9. The summed E-state index contributed by atoms with van der Waals surface area (Å²) in [6, 6.07) is 14.7. The highest BCUT2D eigenvalue weighted by Crippen LogP contribution is 2.31. The van der Waals surface area contributed by atoms with Crippen LogP contribution in [0.5, 0.6) is 0 Å². The van der Waals surface area contributed by atoms with Crippen LogP contribution in [0.2, 0.25) is 0 Å². The van der Waals surface area contributed by atoms with Crippen LogP contribution in [0.4, 0.5) is 0 Å². The largest absolute Gasteiger partial charge is 0.345 e. The van der Waals surface area contributed by atoms with Crippen LogP contribution in [0.1, 0.15) is 51.3 Å². The van der Waals surface area contributed by atoms with Crippen LogP contribution in [0, 0.1) is 5.92 Å². The van der Waals surface area contributed by atoms with E-state index in [0.29, 0.717) is 12.5 Å². The Kier molecular flexibility index (Phi) is 4.79. The van der Waals surface area contributed by atoms with E-state index in [1.165, 1.54) is 17.7 Å². The van der Waals surface area contributed by atoms with Gasteiger partial charge in [0.15, 0.2) is 0 Å². The van der Waals surface area contributed by atoms with Crippen molar-refractivity contribution in [2.45, 2.75) is 58.7 Å². The quantitative estimate of drug-likeness (QED) is 0.797. The Morgan fingerprint density at radius 3 is 2.42 bits per heavy atom. The van der Waals surface area contributed by atoms with Gasteiger partial charge in [-0.2, -0.15) is 0 Å². The topological polar surface area (TPSA) is 25.2 Å². The van der Waals surface area contributed by atoms with Gasteiger partial charge >= 0.3 is 0 Å². The van der Waals surface area contributed by atoms with E-state index in [1.54, 1.807) is 0 Å². The van der Waals surface area contributed by atoms with E-state index in [9.17, 15) is 4.79 Å². The molecule has 1 amide bonds. The Morgan fingerprint density at radius 2 is 1.83 bits per heavy atom. The third kappa shape index (κ3) is 3.72. The molecule has 0 bridgehead atoms. The number of rotatable bonds is 5. The summed E-state index contributed by atoms with van der Waals surface area (Å²) in [5, 5.41) is 0. The molecule has 1 aromatic carbocycles. The molecule has 0 aliphatic heterocycles. The van der Waals surface area contributed by atoms with Gasteiger partial charge in [-0.1, -0.05) is 36.8 Å². The first-order valence-corrected chi connectivity index (χ1v) is 8.94. The van der Waals surface area contributed by atoms with Crippen LogP contribution in [0.15, 0.2) is 48.7 Å². The van der Waals surface area contributed by atoms with Crippen LogP contribution in [0.25, 0.3) is 0 Å². The van der Waals surface area contributed by atoms with E-state index in [0.717, 1.165) is 19.4 Å². The third-order valence-electron chi connectivity index (χ3n) is 4.97. The molecular weight excluding hydrogens is 296 g/mol. The summed E-state index contributed by atoms with van der Waals surface area (Å²) >= 11 is 0. The van der Waals surface area contributed by atoms with Crippen LogP contribution >= 0.6 is 0 Å². The maximum Gasteiger partial charge on any atom is 0.226 e. The molecule has 3 heteroatoms. The van der Waals surface area contributed by atoms with E-state index < -0.39 is 0 Å². The van der Waals surface area contributed by atoms with Gasteiger partial charge in [-0.25, -0.2) is 0 Å². The zero-order chi connectivity index (χ0) is 17.2. The predicted octanol–water partition coefficient (Wildman–Crippen LogP) is 4.46. The van der Waals surface area contributed by atoms with Crippen molar-refractivity contribution in [3.05, 3.63) is 59.9 Å². The van der Waals surface area contributed by atoms with Gasteiger partial charge in [0.25, 0.3) is 0 Å². The number of aromatic nitrogens is 1. The second-order valence-corrected chi connectivity index (χ2v) is 7.84. The van der Waals surface area contributed by atoms with E-state index >= 15 is 0 Å². The lowest BCUT2D eigenvalue weighted by atomic mass is 9.83. The molecule has 128 valence electrons. The van der Waals surface area contributed by atoms with Crippen LogP contribution in [-0.2, 0) is 17.9 Å². The first kappa shape index (κ1) is 16.8. The SMILES string of the molecule is CC(C)(C)N(Cc1cccn1Cc1ccccc1)C(=O)C1CCC1. The molecule has 3 nitrogen and oxygen atoms in total.